The van der Waals surface area contributed by atoms with Crippen molar-refractivity contribution >= 4 is 5.91 Å². The van der Waals surface area contributed by atoms with Crippen molar-refractivity contribution in [2.45, 2.75) is 33.7 Å². The van der Waals surface area contributed by atoms with Gasteiger partial charge in [-0.15, -0.1) is 0 Å². The van der Waals surface area contributed by atoms with E-state index in [4.69, 9.17) is 0 Å². The standard InChI is InChI=1S/C12H19N3O/c1-8(2)12(16)15-6-5-11-10(7-15)13-9(3)14(11)4/h8H,5-7H2,1-4H3. The van der Waals surface area contributed by atoms with Crippen LogP contribution in [0.25, 0.3) is 0 Å². The highest BCUT2D eigenvalue weighted by Gasteiger charge is 2.25. The number of aromatic nitrogens is 2. The van der Waals surface area contributed by atoms with Crippen LogP contribution in [-0.2, 0) is 24.8 Å². The largest absolute Gasteiger partial charge is 0.336 e. The Hall–Kier alpha value is -1.32. The molecule has 0 spiro atoms. The molecule has 0 bridgehead atoms. The van der Waals surface area contributed by atoms with Crippen LogP contribution in [-0.4, -0.2) is 26.9 Å². The first-order chi connectivity index (χ1) is 7.50. The van der Waals surface area contributed by atoms with Crippen molar-refractivity contribution in [3.8, 4) is 0 Å². The Morgan fingerprint density at radius 1 is 1.44 bits per heavy atom. The van der Waals surface area contributed by atoms with Gasteiger partial charge in [0.05, 0.1) is 12.2 Å². The van der Waals surface area contributed by atoms with Crippen molar-refractivity contribution in [2.24, 2.45) is 13.0 Å². The van der Waals surface area contributed by atoms with Crippen LogP contribution in [0.3, 0.4) is 0 Å². The fraction of sp³-hybridized carbons (Fsp3) is 0.667. The average Bonchev–Trinajstić information content (AvgIpc) is 2.53. The minimum Gasteiger partial charge on any atom is -0.336 e. The van der Waals surface area contributed by atoms with Crippen LogP contribution in [0, 0.1) is 12.8 Å². The molecule has 1 aromatic rings. The molecule has 0 aliphatic carbocycles. The first-order valence-electron chi connectivity index (χ1n) is 5.80. The average molecular weight is 221 g/mol. The van der Waals surface area contributed by atoms with Crippen LogP contribution in [0.1, 0.15) is 31.1 Å². The second kappa shape index (κ2) is 3.92. The van der Waals surface area contributed by atoms with Gasteiger partial charge in [0.2, 0.25) is 5.91 Å². The topological polar surface area (TPSA) is 38.1 Å². The molecule has 0 fully saturated rings. The minimum atomic E-state index is 0.0753. The Labute approximate surface area is 96.3 Å². The summed E-state index contributed by atoms with van der Waals surface area (Å²) >= 11 is 0. The molecular weight excluding hydrogens is 202 g/mol. The summed E-state index contributed by atoms with van der Waals surface area (Å²) in [6, 6.07) is 0. The van der Waals surface area contributed by atoms with E-state index in [0.717, 1.165) is 24.5 Å². The van der Waals surface area contributed by atoms with Crippen molar-refractivity contribution in [3.63, 3.8) is 0 Å². The highest BCUT2D eigenvalue weighted by Crippen LogP contribution is 2.20. The van der Waals surface area contributed by atoms with Gasteiger partial charge in [0.1, 0.15) is 5.82 Å². The number of imidazole rings is 1. The van der Waals surface area contributed by atoms with Crippen LogP contribution >= 0.6 is 0 Å². The first-order valence-corrected chi connectivity index (χ1v) is 5.80. The third kappa shape index (κ3) is 1.72. The summed E-state index contributed by atoms with van der Waals surface area (Å²) in [5, 5.41) is 0. The van der Waals surface area contributed by atoms with E-state index in [0.29, 0.717) is 6.54 Å². The van der Waals surface area contributed by atoms with Gasteiger partial charge in [-0.05, 0) is 6.92 Å². The van der Waals surface area contributed by atoms with E-state index in [1.807, 2.05) is 32.7 Å². The van der Waals surface area contributed by atoms with Gasteiger partial charge >= 0.3 is 0 Å². The van der Waals surface area contributed by atoms with Crippen molar-refractivity contribution in [2.75, 3.05) is 6.54 Å². The molecule has 88 valence electrons. The summed E-state index contributed by atoms with van der Waals surface area (Å²) in [5.41, 5.74) is 2.35. The fourth-order valence-corrected chi connectivity index (χ4v) is 2.22. The van der Waals surface area contributed by atoms with E-state index in [2.05, 4.69) is 9.55 Å². The number of carbonyl (C=O) groups excluding carboxylic acids is 1. The molecule has 16 heavy (non-hydrogen) atoms. The highest BCUT2D eigenvalue weighted by molar-refractivity contribution is 5.78. The van der Waals surface area contributed by atoms with Gasteiger partial charge in [-0.25, -0.2) is 4.98 Å². The third-order valence-electron chi connectivity index (χ3n) is 3.28. The van der Waals surface area contributed by atoms with Crippen LogP contribution in [0.2, 0.25) is 0 Å². The van der Waals surface area contributed by atoms with E-state index >= 15 is 0 Å². The molecule has 0 unspecified atom stereocenters. The smallest absolute Gasteiger partial charge is 0.225 e. The van der Waals surface area contributed by atoms with Crippen molar-refractivity contribution < 1.29 is 4.79 Å². The number of rotatable bonds is 1. The van der Waals surface area contributed by atoms with E-state index in [1.165, 1.54) is 5.69 Å². The quantitative estimate of drug-likeness (QED) is 0.716. The lowest BCUT2D eigenvalue weighted by molar-refractivity contribution is -0.135. The zero-order valence-corrected chi connectivity index (χ0v) is 10.4. The third-order valence-corrected chi connectivity index (χ3v) is 3.28. The second-order valence-corrected chi connectivity index (χ2v) is 4.78. The Morgan fingerprint density at radius 2 is 2.12 bits per heavy atom. The number of carbonyl (C=O) groups is 1. The molecule has 2 heterocycles. The Kier molecular flexibility index (Phi) is 2.74. The van der Waals surface area contributed by atoms with Crippen LogP contribution in [0.5, 0.6) is 0 Å². The molecule has 4 heteroatoms. The van der Waals surface area contributed by atoms with E-state index in [-0.39, 0.29) is 11.8 Å². The molecule has 2 rings (SSSR count). The van der Waals surface area contributed by atoms with Crippen LogP contribution in [0.15, 0.2) is 0 Å². The molecule has 0 saturated carbocycles. The Morgan fingerprint density at radius 3 is 2.75 bits per heavy atom. The van der Waals surface area contributed by atoms with Gasteiger partial charge in [0, 0.05) is 31.6 Å². The van der Waals surface area contributed by atoms with Gasteiger partial charge in [0.15, 0.2) is 0 Å². The number of hydrogen-bond acceptors (Lipinski definition) is 2. The maximum Gasteiger partial charge on any atom is 0.225 e. The first kappa shape index (κ1) is 11.2. The lowest BCUT2D eigenvalue weighted by atomic mass is 10.1. The fourth-order valence-electron chi connectivity index (χ4n) is 2.22. The Bertz CT molecular complexity index is 420. The van der Waals surface area contributed by atoms with E-state index < -0.39 is 0 Å². The number of hydrogen-bond donors (Lipinski definition) is 0. The SMILES string of the molecule is Cc1nc2c(n1C)CCN(C(=O)C(C)C)C2. The molecule has 1 amide bonds. The van der Waals surface area contributed by atoms with Gasteiger partial charge in [-0.2, -0.15) is 0 Å². The molecule has 1 aliphatic heterocycles. The molecule has 0 N–H and O–H groups in total. The molecular formula is C12H19N3O. The van der Waals surface area contributed by atoms with Gasteiger partial charge in [-0.3, -0.25) is 4.79 Å². The van der Waals surface area contributed by atoms with Crippen molar-refractivity contribution in [1.29, 1.82) is 0 Å². The normalized spacial score (nSPS) is 15.4. The minimum absolute atomic E-state index is 0.0753. The second-order valence-electron chi connectivity index (χ2n) is 4.78. The zero-order valence-electron chi connectivity index (χ0n) is 10.4. The molecule has 4 nitrogen and oxygen atoms in total. The molecule has 0 aromatic carbocycles. The van der Waals surface area contributed by atoms with Gasteiger partial charge in [0.25, 0.3) is 0 Å². The number of fused-ring (bicyclic) bond motifs is 1. The van der Waals surface area contributed by atoms with E-state index in [9.17, 15) is 4.79 Å². The van der Waals surface area contributed by atoms with Crippen LogP contribution in [0.4, 0.5) is 0 Å². The predicted octanol–water partition coefficient (Wildman–Crippen LogP) is 1.27. The number of nitrogens with zero attached hydrogens (tertiary/aromatic N) is 3. The monoisotopic (exact) mass is 221 g/mol. The molecule has 0 atom stereocenters. The van der Waals surface area contributed by atoms with Crippen molar-refractivity contribution in [1.82, 2.24) is 14.5 Å². The maximum absolute atomic E-state index is 11.9. The maximum atomic E-state index is 11.9. The van der Waals surface area contributed by atoms with Gasteiger partial charge < -0.3 is 9.47 Å². The number of aryl methyl sites for hydroxylation is 1. The highest BCUT2D eigenvalue weighted by atomic mass is 16.2. The summed E-state index contributed by atoms with van der Waals surface area (Å²) in [6.45, 7) is 7.40. The van der Waals surface area contributed by atoms with E-state index in [1.54, 1.807) is 0 Å². The zero-order chi connectivity index (χ0) is 11.9. The van der Waals surface area contributed by atoms with Crippen LogP contribution < -0.4 is 0 Å². The predicted molar refractivity (Wildman–Crippen MR) is 61.9 cm³/mol. The summed E-state index contributed by atoms with van der Waals surface area (Å²) in [5.74, 6) is 1.34. The summed E-state index contributed by atoms with van der Waals surface area (Å²) in [7, 11) is 2.04. The van der Waals surface area contributed by atoms with Crippen molar-refractivity contribution in [3.05, 3.63) is 17.2 Å². The molecule has 0 saturated heterocycles. The lowest BCUT2D eigenvalue weighted by Crippen LogP contribution is -2.38. The molecule has 1 aromatic heterocycles. The van der Waals surface area contributed by atoms with Gasteiger partial charge in [-0.1, -0.05) is 13.8 Å². The summed E-state index contributed by atoms with van der Waals surface area (Å²) < 4.78 is 2.13. The summed E-state index contributed by atoms with van der Waals surface area (Å²) in [6.07, 6.45) is 0.922. The lowest BCUT2D eigenvalue weighted by Gasteiger charge is -2.28. The molecule has 0 radical (unpaired) electrons. The summed E-state index contributed by atoms with van der Waals surface area (Å²) in [4.78, 5) is 18.3. The Balaban J connectivity index is 2.21. The number of amides is 1. The molecule has 1 aliphatic rings.